The topological polar surface area (TPSA) is 44.1 Å². The minimum atomic E-state index is -0.606. The van der Waals surface area contributed by atoms with Crippen LogP contribution in [-0.2, 0) is 11.4 Å². The molecule has 3 rings (SSSR count). The molecule has 0 saturated carbocycles. The second-order valence-corrected chi connectivity index (χ2v) is 6.61. The van der Waals surface area contributed by atoms with Crippen LogP contribution in [-0.4, -0.2) is 21.2 Å². The molecule has 1 aromatic carbocycles. The molecule has 0 N–H and O–H groups in total. The molecule has 0 saturated heterocycles. The van der Waals surface area contributed by atoms with E-state index in [1.165, 1.54) is 4.57 Å². The highest BCUT2D eigenvalue weighted by molar-refractivity contribution is 5.95. The molecule has 0 aliphatic carbocycles. The van der Waals surface area contributed by atoms with Crippen LogP contribution >= 0.6 is 0 Å². The van der Waals surface area contributed by atoms with Gasteiger partial charge >= 0.3 is 6.09 Å². The third-order valence-corrected chi connectivity index (χ3v) is 3.59. The third-order valence-electron chi connectivity index (χ3n) is 3.59. The molecular formula is C19H19FN2O2. The first-order valence-electron chi connectivity index (χ1n) is 7.73. The summed E-state index contributed by atoms with van der Waals surface area (Å²) >= 11 is 0. The van der Waals surface area contributed by atoms with Crippen molar-refractivity contribution in [1.82, 2.24) is 9.55 Å². The van der Waals surface area contributed by atoms with Crippen LogP contribution in [0.25, 0.3) is 22.2 Å². The lowest BCUT2D eigenvalue weighted by Gasteiger charge is -2.21. The van der Waals surface area contributed by atoms with Crippen LogP contribution in [0.2, 0.25) is 0 Å². The Morgan fingerprint density at radius 2 is 1.92 bits per heavy atom. The normalized spacial score (nSPS) is 11.7. The summed E-state index contributed by atoms with van der Waals surface area (Å²) < 4.78 is 19.8. The molecule has 124 valence electrons. The van der Waals surface area contributed by atoms with Crippen LogP contribution in [0.5, 0.6) is 0 Å². The molecule has 2 heterocycles. The first-order chi connectivity index (χ1) is 11.4. The quantitative estimate of drug-likeness (QED) is 0.669. The first-order valence-corrected chi connectivity index (χ1v) is 7.73. The molecule has 0 amide bonds. The summed E-state index contributed by atoms with van der Waals surface area (Å²) in [6, 6.07) is 10.8. The molecule has 5 heteroatoms. The molecule has 0 spiro atoms. The summed E-state index contributed by atoms with van der Waals surface area (Å²) in [7, 11) is 0. The minimum Gasteiger partial charge on any atom is -0.443 e. The summed E-state index contributed by atoms with van der Waals surface area (Å²) in [6.07, 6.45) is 2.85. The van der Waals surface area contributed by atoms with Crippen molar-refractivity contribution in [2.24, 2.45) is 0 Å². The predicted octanol–water partition coefficient (Wildman–Crippen LogP) is 4.96. The van der Waals surface area contributed by atoms with E-state index in [2.05, 4.69) is 4.98 Å². The SMILES string of the molecule is CC(C)(C)OC(=O)n1c(-c2ccc(CF)cc2)cc2ccncc21. The molecule has 2 aromatic heterocycles. The highest BCUT2D eigenvalue weighted by Gasteiger charge is 2.22. The van der Waals surface area contributed by atoms with Crippen molar-refractivity contribution in [2.75, 3.05) is 0 Å². The Morgan fingerprint density at radius 3 is 2.54 bits per heavy atom. The van der Waals surface area contributed by atoms with Crippen LogP contribution in [0, 0.1) is 0 Å². The van der Waals surface area contributed by atoms with Crippen molar-refractivity contribution in [1.29, 1.82) is 0 Å². The van der Waals surface area contributed by atoms with Gasteiger partial charge in [0.25, 0.3) is 0 Å². The van der Waals surface area contributed by atoms with E-state index in [0.717, 1.165) is 10.9 Å². The lowest BCUT2D eigenvalue weighted by molar-refractivity contribution is 0.0547. The molecule has 0 unspecified atom stereocenters. The van der Waals surface area contributed by atoms with Gasteiger partial charge in [0.1, 0.15) is 12.3 Å². The molecule has 0 aliphatic heterocycles. The Morgan fingerprint density at radius 1 is 1.21 bits per heavy atom. The highest BCUT2D eigenvalue weighted by atomic mass is 19.1. The molecule has 0 atom stereocenters. The number of rotatable bonds is 2. The van der Waals surface area contributed by atoms with E-state index in [9.17, 15) is 9.18 Å². The van der Waals surface area contributed by atoms with E-state index in [1.54, 1.807) is 36.7 Å². The Kier molecular flexibility index (Phi) is 4.09. The van der Waals surface area contributed by atoms with E-state index >= 15 is 0 Å². The van der Waals surface area contributed by atoms with Gasteiger partial charge in [-0.15, -0.1) is 0 Å². The van der Waals surface area contributed by atoms with E-state index in [1.807, 2.05) is 32.9 Å². The van der Waals surface area contributed by atoms with Gasteiger partial charge in [-0.05, 0) is 44.0 Å². The first kappa shape index (κ1) is 16.2. The third kappa shape index (κ3) is 3.15. The predicted molar refractivity (Wildman–Crippen MR) is 91.6 cm³/mol. The van der Waals surface area contributed by atoms with Gasteiger partial charge in [-0.2, -0.15) is 0 Å². The second kappa shape index (κ2) is 6.07. The fourth-order valence-corrected chi connectivity index (χ4v) is 2.53. The number of benzene rings is 1. The van der Waals surface area contributed by atoms with E-state index in [0.29, 0.717) is 16.8 Å². The number of nitrogens with zero attached hydrogens (tertiary/aromatic N) is 2. The Hall–Kier alpha value is -2.69. The molecule has 0 radical (unpaired) electrons. The van der Waals surface area contributed by atoms with Crippen molar-refractivity contribution < 1.29 is 13.9 Å². The Bertz CT molecular complexity index is 877. The molecule has 3 aromatic rings. The monoisotopic (exact) mass is 326 g/mol. The lowest BCUT2D eigenvalue weighted by atomic mass is 10.1. The van der Waals surface area contributed by atoms with Gasteiger partial charge in [-0.25, -0.2) is 13.8 Å². The van der Waals surface area contributed by atoms with E-state index in [4.69, 9.17) is 4.74 Å². The number of ether oxygens (including phenoxy) is 1. The van der Waals surface area contributed by atoms with Gasteiger partial charge in [0.15, 0.2) is 0 Å². The lowest BCUT2D eigenvalue weighted by Crippen LogP contribution is -2.27. The van der Waals surface area contributed by atoms with Crippen LogP contribution in [0.15, 0.2) is 48.8 Å². The molecule has 0 fully saturated rings. The molecule has 24 heavy (non-hydrogen) atoms. The van der Waals surface area contributed by atoms with Crippen LogP contribution in [0.3, 0.4) is 0 Å². The zero-order valence-corrected chi connectivity index (χ0v) is 13.9. The summed E-state index contributed by atoms with van der Waals surface area (Å²) in [6.45, 7) is 4.96. The summed E-state index contributed by atoms with van der Waals surface area (Å²) in [5.41, 5.74) is 2.18. The molecular weight excluding hydrogens is 307 g/mol. The van der Waals surface area contributed by atoms with Crippen molar-refractivity contribution >= 4 is 17.0 Å². The fourth-order valence-electron chi connectivity index (χ4n) is 2.53. The second-order valence-electron chi connectivity index (χ2n) is 6.61. The van der Waals surface area contributed by atoms with Crippen molar-refractivity contribution in [3.63, 3.8) is 0 Å². The number of aromatic nitrogens is 2. The zero-order chi connectivity index (χ0) is 17.3. The van der Waals surface area contributed by atoms with Gasteiger partial charge < -0.3 is 4.74 Å². The zero-order valence-electron chi connectivity index (χ0n) is 13.9. The van der Waals surface area contributed by atoms with Crippen LogP contribution in [0.1, 0.15) is 26.3 Å². The van der Waals surface area contributed by atoms with Crippen LogP contribution in [0.4, 0.5) is 9.18 Å². The maximum Gasteiger partial charge on any atom is 0.419 e. The largest absolute Gasteiger partial charge is 0.443 e. The van der Waals surface area contributed by atoms with Gasteiger partial charge in [0, 0.05) is 11.6 Å². The maximum atomic E-state index is 12.7. The number of carbonyl (C=O) groups is 1. The smallest absolute Gasteiger partial charge is 0.419 e. The molecule has 0 bridgehead atoms. The van der Waals surface area contributed by atoms with Gasteiger partial charge in [-0.3, -0.25) is 4.98 Å². The molecule has 0 aliphatic rings. The number of pyridine rings is 1. The Labute approximate surface area is 139 Å². The minimum absolute atomic E-state index is 0.463. The summed E-state index contributed by atoms with van der Waals surface area (Å²) in [5, 5.41) is 0.889. The number of halogens is 1. The average molecular weight is 326 g/mol. The van der Waals surface area contributed by atoms with E-state index in [-0.39, 0.29) is 0 Å². The maximum absolute atomic E-state index is 12.7. The van der Waals surface area contributed by atoms with Crippen molar-refractivity contribution in [3.05, 3.63) is 54.4 Å². The number of alkyl halides is 1. The van der Waals surface area contributed by atoms with Gasteiger partial charge in [-0.1, -0.05) is 24.3 Å². The van der Waals surface area contributed by atoms with E-state index < -0.39 is 18.4 Å². The molecule has 4 nitrogen and oxygen atoms in total. The highest BCUT2D eigenvalue weighted by Crippen LogP contribution is 2.29. The summed E-state index contributed by atoms with van der Waals surface area (Å²) in [4.78, 5) is 16.8. The Balaban J connectivity index is 2.15. The summed E-state index contributed by atoms with van der Waals surface area (Å²) in [5.74, 6) is 0. The number of hydrogen-bond donors (Lipinski definition) is 0. The number of fused-ring (bicyclic) bond motifs is 1. The van der Waals surface area contributed by atoms with Crippen LogP contribution < -0.4 is 0 Å². The average Bonchev–Trinajstić information content (AvgIpc) is 2.93. The van der Waals surface area contributed by atoms with Gasteiger partial charge in [0.05, 0.1) is 17.4 Å². The number of hydrogen-bond acceptors (Lipinski definition) is 3. The number of carbonyl (C=O) groups excluding carboxylic acids is 1. The van der Waals surface area contributed by atoms with Gasteiger partial charge in [0.2, 0.25) is 0 Å². The van der Waals surface area contributed by atoms with Crippen molar-refractivity contribution in [2.45, 2.75) is 33.0 Å². The standard InChI is InChI=1S/C19H19FN2O2/c1-19(2,3)24-18(23)22-16(10-15-8-9-21-12-17(15)22)14-6-4-13(11-20)5-7-14/h4-10,12H,11H2,1-3H3. The van der Waals surface area contributed by atoms with Crippen molar-refractivity contribution in [3.8, 4) is 11.3 Å². The fraction of sp³-hybridized carbons (Fsp3) is 0.263.